The second-order valence-electron chi connectivity index (χ2n) is 7.28. The molecule has 0 bridgehead atoms. The van der Waals surface area contributed by atoms with E-state index in [9.17, 15) is 4.79 Å². The van der Waals surface area contributed by atoms with Crippen LogP contribution in [0.3, 0.4) is 0 Å². The van der Waals surface area contributed by atoms with Crippen LogP contribution in [0.5, 0.6) is 0 Å². The fraction of sp³-hybridized carbons (Fsp3) is 0.550. The Morgan fingerprint density at radius 1 is 1.24 bits per heavy atom. The molecule has 2 N–H and O–H groups in total. The highest BCUT2D eigenvalue weighted by molar-refractivity contribution is 5.93. The van der Waals surface area contributed by atoms with Crippen LogP contribution in [0.1, 0.15) is 47.1 Å². The number of hydrogen-bond acceptors (Lipinski definition) is 5. The molecule has 0 radical (unpaired) electrons. The van der Waals surface area contributed by atoms with Gasteiger partial charge in [-0.1, -0.05) is 35.5 Å². The van der Waals surface area contributed by atoms with Crippen LogP contribution < -0.4 is 10.6 Å². The number of amides is 1. The van der Waals surface area contributed by atoms with Gasteiger partial charge in [0.1, 0.15) is 0 Å². The number of hydrogen-bond donors (Lipinski definition) is 2. The monoisotopic (exact) mass is 442 g/mol. The van der Waals surface area contributed by atoms with Crippen molar-refractivity contribution in [3.63, 3.8) is 0 Å². The first-order valence-corrected chi connectivity index (χ1v) is 9.78. The smallest absolute Gasteiger partial charge is 0.273 e. The zero-order valence-corrected chi connectivity index (χ0v) is 18.8. The maximum absolute atomic E-state index is 12.4. The molecule has 0 unspecified atom stereocenters. The minimum Gasteiger partial charge on any atom is -0.351 e. The number of nitrogens with zero attached hydrogens (tertiary/aromatic N) is 4. The number of piperidine rings is 1. The first-order chi connectivity index (χ1) is 13.1. The Morgan fingerprint density at radius 3 is 2.62 bits per heavy atom. The topological polar surface area (TPSA) is 75.1 Å². The van der Waals surface area contributed by atoms with Crippen LogP contribution in [0.15, 0.2) is 30.3 Å². The Hall–Kier alpha value is -1.67. The average Bonchev–Trinajstić information content (AvgIpc) is 3.08. The Bertz CT molecular complexity index is 734. The lowest BCUT2D eigenvalue weighted by Gasteiger charge is -2.23. The standard InChI is InChI=1S/C20H30N6O.2ClH/c1-16-19(23-24-26(16)18-9-12-21-13-10-18)20(27)22-11-6-14-25(2)15-17-7-4-3-5-8-17;;/h3-5,7-8,18,21H,6,9-15H2,1-2H3,(H,22,27);2*1H. The Balaban J connectivity index is 0.00000210. The normalized spacial score (nSPS) is 14.2. The van der Waals surface area contributed by atoms with Crippen molar-refractivity contribution in [1.82, 2.24) is 30.5 Å². The summed E-state index contributed by atoms with van der Waals surface area (Å²) in [6, 6.07) is 10.7. The van der Waals surface area contributed by atoms with Crippen molar-refractivity contribution in [2.75, 3.05) is 33.2 Å². The number of benzene rings is 1. The predicted octanol–water partition coefficient (Wildman–Crippen LogP) is 2.61. The Labute approximate surface area is 185 Å². The van der Waals surface area contributed by atoms with E-state index in [2.05, 4.69) is 57.2 Å². The van der Waals surface area contributed by atoms with Gasteiger partial charge in [-0.15, -0.1) is 29.9 Å². The van der Waals surface area contributed by atoms with Crippen LogP contribution in [0, 0.1) is 6.92 Å². The second-order valence-corrected chi connectivity index (χ2v) is 7.28. The molecule has 1 aromatic heterocycles. The molecule has 9 heteroatoms. The summed E-state index contributed by atoms with van der Waals surface area (Å²) in [5, 5.41) is 14.7. The Kier molecular flexibility index (Phi) is 11.2. The van der Waals surface area contributed by atoms with Gasteiger partial charge >= 0.3 is 0 Å². The summed E-state index contributed by atoms with van der Waals surface area (Å²) in [5.41, 5.74) is 2.61. The van der Waals surface area contributed by atoms with Crippen LogP contribution in [0.25, 0.3) is 0 Å². The summed E-state index contributed by atoms with van der Waals surface area (Å²) in [4.78, 5) is 14.7. The van der Waals surface area contributed by atoms with Gasteiger partial charge < -0.3 is 15.5 Å². The molecule has 0 saturated carbocycles. The van der Waals surface area contributed by atoms with Crippen LogP contribution >= 0.6 is 24.8 Å². The molecule has 2 aromatic rings. The molecule has 7 nitrogen and oxygen atoms in total. The van der Waals surface area contributed by atoms with Crippen LogP contribution in [-0.4, -0.2) is 59.0 Å². The van der Waals surface area contributed by atoms with E-state index in [1.54, 1.807) is 0 Å². The lowest BCUT2D eigenvalue weighted by Crippen LogP contribution is -2.31. The highest BCUT2D eigenvalue weighted by Gasteiger charge is 2.22. The zero-order valence-electron chi connectivity index (χ0n) is 17.1. The lowest BCUT2D eigenvalue weighted by molar-refractivity contribution is 0.0946. The van der Waals surface area contributed by atoms with Gasteiger partial charge in [-0.05, 0) is 58.4 Å². The molecular weight excluding hydrogens is 411 g/mol. The van der Waals surface area contributed by atoms with Crippen molar-refractivity contribution in [3.8, 4) is 0 Å². The molecule has 1 saturated heterocycles. The van der Waals surface area contributed by atoms with E-state index in [1.807, 2.05) is 17.7 Å². The van der Waals surface area contributed by atoms with Crippen molar-refractivity contribution in [2.24, 2.45) is 0 Å². The number of aromatic nitrogens is 3. The average molecular weight is 443 g/mol. The molecule has 2 heterocycles. The largest absolute Gasteiger partial charge is 0.351 e. The van der Waals surface area contributed by atoms with Gasteiger partial charge in [0, 0.05) is 13.1 Å². The van der Waals surface area contributed by atoms with Gasteiger partial charge in [0.2, 0.25) is 0 Å². The summed E-state index contributed by atoms with van der Waals surface area (Å²) >= 11 is 0. The van der Waals surface area contributed by atoms with Gasteiger partial charge in [-0.3, -0.25) is 4.79 Å². The van der Waals surface area contributed by atoms with Crippen molar-refractivity contribution in [2.45, 2.75) is 38.8 Å². The lowest BCUT2D eigenvalue weighted by atomic mass is 10.1. The number of rotatable bonds is 8. The maximum atomic E-state index is 12.4. The highest BCUT2D eigenvalue weighted by atomic mass is 35.5. The third-order valence-electron chi connectivity index (χ3n) is 5.09. The zero-order chi connectivity index (χ0) is 19.1. The van der Waals surface area contributed by atoms with Crippen molar-refractivity contribution < 1.29 is 4.79 Å². The first-order valence-electron chi connectivity index (χ1n) is 9.78. The SMILES string of the molecule is Cc1c(C(=O)NCCCN(C)Cc2ccccc2)nnn1C1CCNCC1.Cl.Cl. The van der Waals surface area contributed by atoms with E-state index in [1.165, 1.54) is 5.56 Å². The van der Waals surface area contributed by atoms with Gasteiger partial charge in [-0.25, -0.2) is 4.68 Å². The molecule has 0 spiro atoms. The molecule has 29 heavy (non-hydrogen) atoms. The highest BCUT2D eigenvalue weighted by Crippen LogP contribution is 2.20. The molecular formula is C20H32Cl2N6O. The van der Waals surface area contributed by atoms with Crippen LogP contribution in [-0.2, 0) is 6.54 Å². The quantitative estimate of drug-likeness (QED) is 0.614. The fourth-order valence-electron chi connectivity index (χ4n) is 3.56. The summed E-state index contributed by atoms with van der Waals surface area (Å²) in [7, 11) is 2.10. The van der Waals surface area contributed by atoms with Gasteiger partial charge in [0.05, 0.1) is 11.7 Å². The summed E-state index contributed by atoms with van der Waals surface area (Å²) < 4.78 is 1.92. The molecule has 0 atom stereocenters. The molecule has 3 rings (SSSR count). The fourth-order valence-corrected chi connectivity index (χ4v) is 3.56. The minimum absolute atomic E-state index is 0. The number of carbonyl (C=O) groups is 1. The Morgan fingerprint density at radius 2 is 1.93 bits per heavy atom. The molecule has 1 aliphatic rings. The number of carbonyl (C=O) groups excluding carboxylic acids is 1. The van der Waals surface area contributed by atoms with Gasteiger partial charge in [-0.2, -0.15) is 0 Å². The van der Waals surface area contributed by atoms with E-state index in [0.717, 1.165) is 51.1 Å². The molecule has 0 aliphatic carbocycles. The van der Waals surface area contributed by atoms with Crippen molar-refractivity contribution >= 4 is 30.7 Å². The number of nitrogens with one attached hydrogen (secondary N) is 2. The van der Waals surface area contributed by atoms with E-state index >= 15 is 0 Å². The third kappa shape index (κ3) is 7.26. The summed E-state index contributed by atoms with van der Waals surface area (Å²) in [6.07, 6.45) is 2.95. The maximum Gasteiger partial charge on any atom is 0.273 e. The molecule has 1 amide bonds. The molecule has 1 aromatic carbocycles. The molecule has 1 fully saturated rings. The third-order valence-corrected chi connectivity index (χ3v) is 5.09. The van der Waals surface area contributed by atoms with E-state index in [0.29, 0.717) is 18.3 Å². The van der Waals surface area contributed by atoms with Crippen LogP contribution in [0.2, 0.25) is 0 Å². The van der Waals surface area contributed by atoms with E-state index in [-0.39, 0.29) is 30.7 Å². The van der Waals surface area contributed by atoms with Crippen molar-refractivity contribution in [1.29, 1.82) is 0 Å². The summed E-state index contributed by atoms with van der Waals surface area (Å²) in [5.74, 6) is -0.126. The predicted molar refractivity (Wildman–Crippen MR) is 120 cm³/mol. The second kappa shape index (κ2) is 12.8. The minimum atomic E-state index is -0.126. The van der Waals surface area contributed by atoms with Gasteiger partial charge in [0.25, 0.3) is 5.91 Å². The summed E-state index contributed by atoms with van der Waals surface area (Å²) in [6.45, 7) is 6.39. The van der Waals surface area contributed by atoms with E-state index in [4.69, 9.17) is 0 Å². The molecule has 1 aliphatic heterocycles. The number of halogens is 2. The molecule has 162 valence electrons. The first kappa shape index (κ1) is 25.4. The van der Waals surface area contributed by atoms with Gasteiger partial charge in [0.15, 0.2) is 5.69 Å². The van der Waals surface area contributed by atoms with Crippen LogP contribution in [0.4, 0.5) is 0 Å². The van der Waals surface area contributed by atoms with Crippen molar-refractivity contribution in [3.05, 3.63) is 47.3 Å². The van der Waals surface area contributed by atoms with E-state index < -0.39 is 0 Å².